The van der Waals surface area contributed by atoms with Gasteiger partial charge in [-0.2, -0.15) is 5.10 Å². The maximum atomic E-state index is 10.7. The maximum Gasteiger partial charge on any atom is 0.310 e. The molecule has 1 unspecified atom stereocenters. The van der Waals surface area contributed by atoms with Gasteiger partial charge in [0.05, 0.1) is 4.92 Å². The van der Waals surface area contributed by atoms with Crippen molar-refractivity contribution in [3.63, 3.8) is 0 Å². The minimum Gasteiger partial charge on any atom is -0.316 e. The molecular weight excluding hydrogens is 196 g/mol. The zero-order valence-corrected chi connectivity index (χ0v) is 8.64. The number of hydrogen-bond acceptors (Lipinski definition) is 4. The van der Waals surface area contributed by atoms with Crippen LogP contribution in [0.4, 0.5) is 5.69 Å². The number of nitrogens with one attached hydrogen (secondary N) is 1. The van der Waals surface area contributed by atoms with Gasteiger partial charge in [-0.3, -0.25) is 14.8 Å². The highest BCUT2D eigenvalue weighted by molar-refractivity contribution is 5.33. The first-order chi connectivity index (χ1) is 7.18. The molecule has 6 nitrogen and oxygen atoms in total. The fourth-order valence-electron chi connectivity index (χ4n) is 2.00. The molecule has 1 aliphatic heterocycles. The van der Waals surface area contributed by atoms with E-state index in [2.05, 4.69) is 10.4 Å². The molecule has 1 aliphatic rings. The third-order valence-corrected chi connectivity index (χ3v) is 2.88. The van der Waals surface area contributed by atoms with Crippen LogP contribution < -0.4 is 5.32 Å². The molecule has 1 atom stereocenters. The van der Waals surface area contributed by atoms with E-state index in [0.717, 1.165) is 31.6 Å². The Morgan fingerprint density at radius 1 is 1.80 bits per heavy atom. The van der Waals surface area contributed by atoms with Crippen LogP contribution >= 0.6 is 0 Å². The summed E-state index contributed by atoms with van der Waals surface area (Å²) in [6, 6.07) is 0. The Kier molecular flexibility index (Phi) is 2.68. The first-order valence-corrected chi connectivity index (χ1v) is 5.04. The Balaban J connectivity index is 2.18. The van der Waals surface area contributed by atoms with Gasteiger partial charge in [0.25, 0.3) is 0 Å². The second kappa shape index (κ2) is 3.98. The van der Waals surface area contributed by atoms with Crippen LogP contribution in [-0.4, -0.2) is 27.8 Å². The van der Waals surface area contributed by atoms with E-state index in [-0.39, 0.29) is 10.6 Å². The van der Waals surface area contributed by atoms with Gasteiger partial charge in [0, 0.05) is 13.5 Å². The van der Waals surface area contributed by atoms with Crippen molar-refractivity contribution >= 4 is 5.69 Å². The van der Waals surface area contributed by atoms with Gasteiger partial charge in [0.2, 0.25) is 0 Å². The molecule has 0 radical (unpaired) electrons. The Labute approximate surface area is 87.4 Å². The van der Waals surface area contributed by atoms with Crippen molar-refractivity contribution in [1.29, 1.82) is 0 Å². The number of hydrogen-bond donors (Lipinski definition) is 1. The highest BCUT2D eigenvalue weighted by Crippen LogP contribution is 2.22. The van der Waals surface area contributed by atoms with Crippen LogP contribution in [0.15, 0.2) is 6.20 Å². The summed E-state index contributed by atoms with van der Waals surface area (Å²) in [6.45, 7) is 1.96. The largest absolute Gasteiger partial charge is 0.316 e. The van der Waals surface area contributed by atoms with Crippen LogP contribution in [0, 0.1) is 16.0 Å². The van der Waals surface area contributed by atoms with Crippen molar-refractivity contribution in [1.82, 2.24) is 15.1 Å². The predicted molar refractivity (Wildman–Crippen MR) is 54.5 cm³/mol. The van der Waals surface area contributed by atoms with Crippen LogP contribution in [-0.2, 0) is 13.5 Å². The van der Waals surface area contributed by atoms with Crippen molar-refractivity contribution < 1.29 is 4.92 Å². The fraction of sp³-hybridized carbons (Fsp3) is 0.667. The smallest absolute Gasteiger partial charge is 0.310 e. The average molecular weight is 210 g/mol. The van der Waals surface area contributed by atoms with Gasteiger partial charge in [-0.05, 0) is 25.4 Å². The Morgan fingerprint density at radius 3 is 3.20 bits per heavy atom. The second-order valence-corrected chi connectivity index (χ2v) is 3.92. The number of nitro groups is 1. The third-order valence-electron chi connectivity index (χ3n) is 2.88. The number of aromatic nitrogens is 2. The second-order valence-electron chi connectivity index (χ2n) is 3.92. The van der Waals surface area contributed by atoms with Crippen LogP contribution in [0.5, 0.6) is 0 Å². The number of rotatable bonds is 3. The Bertz CT molecular complexity index is 368. The predicted octanol–water partition coefficient (Wildman–Crippen LogP) is 0.480. The molecule has 0 amide bonds. The lowest BCUT2D eigenvalue weighted by molar-refractivity contribution is -0.385. The third kappa shape index (κ3) is 1.99. The van der Waals surface area contributed by atoms with E-state index in [1.54, 1.807) is 11.7 Å². The van der Waals surface area contributed by atoms with E-state index in [4.69, 9.17) is 0 Å². The molecule has 1 N–H and O–H groups in total. The van der Waals surface area contributed by atoms with Gasteiger partial charge in [-0.15, -0.1) is 0 Å². The molecule has 15 heavy (non-hydrogen) atoms. The summed E-state index contributed by atoms with van der Waals surface area (Å²) in [5, 5.41) is 17.9. The van der Waals surface area contributed by atoms with Crippen molar-refractivity contribution in [2.24, 2.45) is 13.0 Å². The SMILES string of the molecule is Cn1ncc([N+](=O)[O-])c1CC1CCNC1. The molecular formula is C9H14N4O2. The Morgan fingerprint density at radius 2 is 2.60 bits per heavy atom. The van der Waals surface area contributed by atoms with Crippen LogP contribution in [0.25, 0.3) is 0 Å². The summed E-state index contributed by atoms with van der Waals surface area (Å²) >= 11 is 0. The molecule has 1 aromatic heterocycles. The van der Waals surface area contributed by atoms with E-state index in [0.29, 0.717) is 5.92 Å². The summed E-state index contributed by atoms with van der Waals surface area (Å²) in [5.74, 6) is 0.499. The standard InChI is InChI=1S/C9H14N4O2/c1-12-8(4-7-2-3-10-5-7)9(6-11-12)13(14)15/h6-7,10H,2-5H2,1H3. The van der Waals surface area contributed by atoms with Crippen molar-refractivity contribution in [3.05, 3.63) is 22.0 Å². The van der Waals surface area contributed by atoms with Gasteiger partial charge in [0.1, 0.15) is 11.9 Å². The monoisotopic (exact) mass is 210 g/mol. The topological polar surface area (TPSA) is 73.0 Å². The molecule has 6 heteroatoms. The normalized spacial score (nSPS) is 20.7. The minimum absolute atomic E-state index is 0.143. The zero-order valence-electron chi connectivity index (χ0n) is 8.64. The molecule has 0 saturated carbocycles. The van der Waals surface area contributed by atoms with E-state index < -0.39 is 0 Å². The van der Waals surface area contributed by atoms with Gasteiger partial charge >= 0.3 is 5.69 Å². The molecule has 1 fully saturated rings. The molecule has 0 aromatic carbocycles. The summed E-state index contributed by atoms with van der Waals surface area (Å²) < 4.78 is 1.61. The lowest BCUT2D eigenvalue weighted by Crippen LogP contribution is -2.13. The molecule has 82 valence electrons. The molecule has 2 heterocycles. The van der Waals surface area contributed by atoms with Crippen LogP contribution in [0.3, 0.4) is 0 Å². The summed E-state index contributed by atoms with van der Waals surface area (Å²) in [4.78, 5) is 10.4. The summed E-state index contributed by atoms with van der Waals surface area (Å²) in [7, 11) is 1.75. The highest BCUT2D eigenvalue weighted by Gasteiger charge is 2.24. The molecule has 0 spiro atoms. The first kappa shape index (κ1) is 10.1. The van der Waals surface area contributed by atoms with Crippen LogP contribution in [0.1, 0.15) is 12.1 Å². The van der Waals surface area contributed by atoms with E-state index in [1.165, 1.54) is 6.20 Å². The fourth-order valence-corrected chi connectivity index (χ4v) is 2.00. The molecule has 0 bridgehead atoms. The van der Waals surface area contributed by atoms with Gasteiger partial charge < -0.3 is 5.32 Å². The van der Waals surface area contributed by atoms with E-state index >= 15 is 0 Å². The average Bonchev–Trinajstić information content (AvgIpc) is 2.78. The maximum absolute atomic E-state index is 10.7. The molecule has 1 saturated heterocycles. The quantitative estimate of drug-likeness (QED) is 0.581. The Hall–Kier alpha value is -1.43. The minimum atomic E-state index is -0.356. The van der Waals surface area contributed by atoms with Gasteiger partial charge in [0.15, 0.2) is 0 Å². The molecule has 1 aromatic rings. The van der Waals surface area contributed by atoms with Gasteiger partial charge in [-0.1, -0.05) is 0 Å². The number of nitrogens with zero attached hydrogens (tertiary/aromatic N) is 3. The van der Waals surface area contributed by atoms with E-state index in [9.17, 15) is 10.1 Å². The summed E-state index contributed by atoms with van der Waals surface area (Å²) in [6.07, 6.45) is 3.15. The zero-order chi connectivity index (χ0) is 10.8. The number of aryl methyl sites for hydroxylation is 1. The lowest BCUT2D eigenvalue weighted by atomic mass is 10.0. The molecule has 0 aliphatic carbocycles. The van der Waals surface area contributed by atoms with E-state index in [1.807, 2.05) is 0 Å². The van der Waals surface area contributed by atoms with Crippen molar-refractivity contribution in [2.75, 3.05) is 13.1 Å². The molecule has 2 rings (SSSR count). The summed E-state index contributed by atoms with van der Waals surface area (Å²) in [5.41, 5.74) is 0.873. The van der Waals surface area contributed by atoms with Gasteiger partial charge in [-0.25, -0.2) is 0 Å². The van der Waals surface area contributed by atoms with Crippen LogP contribution in [0.2, 0.25) is 0 Å². The van der Waals surface area contributed by atoms with Crippen molar-refractivity contribution in [3.8, 4) is 0 Å². The lowest BCUT2D eigenvalue weighted by Gasteiger charge is -2.07. The van der Waals surface area contributed by atoms with Crippen molar-refractivity contribution in [2.45, 2.75) is 12.8 Å². The first-order valence-electron chi connectivity index (χ1n) is 5.04. The highest BCUT2D eigenvalue weighted by atomic mass is 16.6.